The molecule has 5 heteroatoms. The van der Waals surface area contributed by atoms with Gasteiger partial charge in [-0.15, -0.1) is 0 Å². The number of carbonyl (C=O) groups excluding carboxylic acids is 1. The minimum atomic E-state index is -1.02. The second kappa shape index (κ2) is 5.16. The van der Waals surface area contributed by atoms with Gasteiger partial charge in [0.1, 0.15) is 5.54 Å². The third-order valence-electron chi connectivity index (χ3n) is 4.21. The summed E-state index contributed by atoms with van der Waals surface area (Å²) in [7, 11) is 0. The maximum absolute atomic E-state index is 12.5. The summed E-state index contributed by atoms with van der Waals surface area (Å²) in [6.45, 7) is 3.78. The zero-order valence-electron chi connectivity index (χ0n) is 11.0. The summed E-state index contributed by atoms with van der Waals surface area (Å²) in [5, 5.41) is 9.40. The van der Waals surface area contributed by atoms with Crippen molar-refractivity contribution in [3.63, 3.8) is 0 Å². The molecule has 0 aromatic rings. The first-order valence-electron chi connectivity index (χ1n) is 6.85. The van der Waals surface area contributed by atoms with Crippen molar-refractivity contribution >= 4 is 12.0 Å². The number of rotatable bonds is 1. The van der Waals surface area contributed by atoms with Crippen LogP contribution in [0, 0.1) is 0 Å². The SMILES string of the molecule is CC1(C(=O)O)CCCCN1C(=O)N1CCCCC1. The van der Waals surface area contributed by atoms with Gasteiger partial charge in [0.15, 0.2) is 0 Å². The van der Waals surface area contributed by atoms with Crippen molar-refractivity contribution in [2.45, 2.75) is 51.0 Å². The summed E-state index contributed by atoms with van der Waals surface area (Å²) in [5.74, 6) is -0.882. The maximum Gasteiger partial charge on any atom is 0.329 e. The molecular formula is C13H22N2O3. The van der Waals surface area contributed by atoms with Crippen LogP contribution >= 0.6 is 0 Å². The van der Waals surface area contributed by atoms with E-state index in [1.165, 1.54) is 6.42 Å². The molecule has 0 aliphatic carbocycles. The van der Waals surface area contributed by atoms with Gasteiger partial charge in [0.25, 0.3) is 0 Å². The first kappa shape index (κ1) is 13.2. The lowest BCUT2D eigenvalue weighted by Gasteiger charge is -2.44. The second-order valence-corrected chi connectivity index (χ2v) is 5.52. The average molecular weight is 254 g/mol. The highest BCUT2D eigenvalue weighted by Gasteiger charge is 2.45. The zero-order valence-corrected chi connectivity index (χ0v) is 11.0. The number of piperidine rings is 2. The van der Waals surface area contributed by atoms with Crippen LogP contribution in [0.5, 0.6) is 0 Å². The van der Waals surface area contributed by atoms with Gasteiger partial charge in [-0.1, -0.05) is 0 Å². The van der Waals surface area contributed by atoms with Crippen molar-refractivity contribution in [2.75, 3.05) is 19.6 Å². The third-order valence-corrected chi connectivity index (χ3v) is 4.21. The lowest BCUT2D eigenvalue weighted by Crippen LogP contribution is -2.61. The van der Waals surface area contributed by atoms with E-state index in [1.807, 2.05) is 4.90 Å². The van der Waals surface area contributed by atoms with Crippen molar-refractivity contribution in [1.82, 2.24) is 9.80 Å². The van der Waals surface area contributed by atoms with E-state index in [-0.39, 0.29) is 6.03 Å². The number of carbonyl (C=O) groups is 2. The fourth-order valence-corrected chi connectivity index (χ4v) is 2.91. The Bertz CT molecular complexity index is 339. The summed E-state index contributed by atoms with van der Waals surface area (Å²) in [4.78, 5) is 27.3. The minimum absolute atomic E-state index is 0.0840. The van der Waals surface area contributed by atoms with Crippen molar-refractivity contribution in [2.24, 2.45) is 0 Å². The molecular weight excluding hydrogens is 232 g/mol. The van der Waals surface area contributed by atoms with Crippen LogP contribution in [0.25, 0.3) is 0 Å². The molecule has 0 radical (unpaired) electrons. The zero-order chi connectivity index (χ0) is 13.2. The molecule has 2 rings (SSSR count). The molecule has 1 unspecified atom stereocenters. The Balaban J connectivity index is 2.13. The van der Waals surface area contributed by atoms with E-state index in [4.69, 9.17) is 0 Å². The van der Waals surface area contributed by atoms with Gasteiger partial charge in [0, 0.05) is 19.6 Å². The van der Waals surface area contributed by atoms with E-state index in [0.29, 0.717) is 13.0 Å². The number of carboxylic acid groups (broad SMARTS) is 1. The molecule has 1 atom stereocenters. The topological polar surface area (TPSA) is 60.9 Å². The van der Waals surface area contributed by atoms with Crippen molar-refractivity contribution in [3.05, 3.63) is 0 Å². The van der Waals surface area contributed by atoms with Gasteiger partial charge >= 0.3 is 12.0 Å². The normalized spacial score (nSPS) is 29.2. The maximum atomic E-state index is 12.5. The van der Waals surface area contributed by atoms with Crippen LogP contribution in [0.15, 0.2) is 0 Å². The summed E-state index contributed by atoms with van der Waals surface area (Å²) >= 11 is 0. The molecule has 2 saturated heterocycles. The van der Waals surface area contributed by atoms with Crippen molar-refractivity contribution in [1.29, 1.82) is 0 Å². The molecule has 2 fully saturated rings. The van der Waals surface area contributed by atoms with Gasteiger partial charge in [-0.2, -0.15) is 0 Å². The van der Waals surface area contributed by atoms with Crippen molar-refractivity contribution in [3.8, 4) is 0 Å². The van der Waals surface area contributed by atoms with E-state index in [9.17, 15) is 14.7 Å². The Kier molecular flexibility index (Phi) is 3.78. The number of aliphatic carboxylic acids is 1. The van der Waals surface area contributed by atoms with Gasteiger partial charge in [0.05, 0.1) is 0 Å². The van der Waals surface area contributed by atoms with Gasteiger partial charge in [0.2, 0.25) is 0 Å². The van der Waals surface area contributed by atoms with Crippen LogP contribution < -0.4 is 0 Å². The molecule has 0 aromatic heterocycles. The summed E-state index contributed by atoms with van der Waals surface area (Å²) in [6, 6.07) is -0.0840. The third kappa shape index (κ3) is 2.31. The van der Waals surface area contributed by atoms with E-state index < -0.39 is 11.5 Å². The molecule has 102 valence electrons. The van der Waals surface area contributed by atoms with E-state index in [0.717, 1.165) is 38.8 Å². The predicted octanol–water partition coefficient (Wildman–Crippen LogP) is 1.92. The van der Waals surface area contributed by atoms with Crippen LogP contribution in [-0.4, -0.2) is 52.1 Å². The number of urea groups is 1. The number of hydrogen-bond acceptors (Lipinski definition) is 2. The Labute approximate surface area is 108 Å². The molecule has 5 nitrogen and oxygen atoms in total. The van der Waals surface area contributed by atoms with Crippen LogP contribution in [0.3, 0.4) is 0 Å². The molecule has 1 N–H and O–H groups in total. The van der Waals surface area contributed by atoms with Crippen LogP contribution in [0.1, 0.15) is 45.4 Å². The number of likely N-dealkylation sites (tertiary alicyclic amines) is 2. The predicted molar refractivity (Wildman–Crippen MR) is 67.4 cm³/mol. The van der Waals surface area contributed by atoms with E-state index >= 15 is 0 Å². The molecule has 2 aliphatic heterocycles. The molecule has 0 saturated carbocycles. The number of hydrogen-bond donors (Lipinski definition) is 1. The largest absolute Gasteiger partial charge is 0.480 e. The van der Waals surface area contributed by atoms with Crippen LogP contribution in [0.4, 0.5) is 4.79 Å². The molecule has 2 amide bonds. The Morgan fingerprint density at radius 1 is 1.00 bits per heavy atom. The summed E-state index contributed by atoms with van der Waals surface area (Å²) < 4.78 is 0. The average Bonchev–Trinajstić information content (AvgIpc) is 2.39. The monoisotopic (exact) mass is 254 g/mol. The van der Waals surface area contributed by atoms with Crippen LogP contribution in [0.2, 0.25) is 0 Å². The minimum Gasteiger partial charge on any atom is -0.480 e. The first-order chi connectivity index (χ1) is 8.55. The standard InChI is InChI=1S/C13H22N2O3/c1-13(11(16)17)7-3-6-10-15(13)12(18)14-8-4-2-5-9-14/h2-10H2,1H3,(H,16,17). The Morgan fingerprint density at radius 2 is 1.61 bits per heavy atom. The van der Waals surface area contributed by atoms with Gasteiger partial charge < -0.3 is 14.9 Å². The van der Waals surface area contributed by atoms with E-state index in [1.54, 1.807) is 11.8 Å². The van der Waals surface area contributed by atoms with Gasteiger partial charge in [-0.25, -0.2) is 9.59 Å². The highest BCUT2D eigenvalue weighted by atomic mass is 16.4. The second-order valence-electron chi connectivity index (χ2n) is 5.52. The highest BCUT2D eigenvalue weighted by molar-refractivity contribution is 5.86. The fraction of sp³-hybridized carbons (Fsp3) is 0.846. The number of amides is 2. The lowest BCUT2D eigenvalue weighted by molar-refractivity contribution is -0.150. The lowest BCUT2D eigenvalue weighted by atomic mass is 9.88. The highest BCUT2D eigenvalue weighted by Crippen LogP contribution is 2.29. The summed E-state index contributed by atoms with van der Waals surface area (Å²) in [5.41, 5.74) is -1.02. The van der Waals surface area contributed by atoms with Gasteiger partial charge in [-0.3, -0.25) is 0 Å². The molecule has 18 heavy (non-hydrogen) atoms. The van der Waals surface area contributed by atoms with Crippen molar-refractivity contribution < 1.29 is 14.7 Å². The molecule has 0 bridgehead atoms. The summed E-state index contributed by atoms with van der Waals surface area (Å²) in [6.07, 6.45) is 5.57. The van der Waals surface area contributed by atoms with E-state index in [2.05, 4.69) is 0 Å². The molecule has 2 aliphatic rings. The Morgan fingerprint density at radius 3 is 2.22 bits per heavy atom. The fourth-order valence-electron chi connectivity index (χ4n) is 2.91. The van der Waals surface area contributed by atoms with Crippen LogP contribution in [-0.2, 0) is 4.79 Å². The molecule has 0 aromatic carbocycles. The quantitative estimate of drug-likeness (QED) is 0.777. The number of carboxylic acids is 1. The molecule has 2 heterocycles. The van der Waals surface area contributed by atoms with Gasteiger partial charge in [-0.05, 0) is 45.4 Å². The smallest absolute Gasteiger partial charge is 0.329 e. The number of nitrogens with zero attached hydrogens (tertiary/aromatic N) is 2. The first-order valence-corrected chi connectivity index (χ1v) is 6.85. The molecule has 0 spiro atoms. The Hall–Kier alpha value is -1.26.